The number of aryl methyl sites for hydroxylation is 1. The molecule has 0 bridgehead atoms. The third-order valence-electron chi connectivity index (χ3n) is 3.57. The van der Waals surface area contributed by atoms with Gasteiger partial charge in [-0.3, -0.25) is 0 Å². The lowest BCUT2D eigenvalue weighted by molar-refractivity contribution is 0.110. The van der Waals surface area contributed by atoms with Crippen molar-refractivity contribution < 1.29 is 19.0 Å². The molecule has 0 spiro atoms. The smallest absolute Gasteiger partial charge is 0.319 e. The Hall–Kier alpha value is -2.44. The molecule has 7 heteroatoms. The predicted octanol–water partition coefficient (Wildman–Crippen LogP) is 4.26. The fourth-order valence-corrected chi connectivity index (χ4v) is 2.46. The van der Waals surface area contributed by atoms with Crippen LogP contribution in [0.15, 0.2) is 42.5 Å². The van der Waals surface area contributed by atoms with E-state index in [0.29, 0.717) is 49.4 Å². The zero-order chi connectivity index (χ0) is 19.5. The van der Waals surface area contributed by atoms with Crippen LogP contribution >= 0.6 is 11.6 Å². The Morgan fingerprint density at radius 3 is 2.56 bits per heavy atom. The van der Waals surface area contributed by atoms with E-state index in [0.717, 1.165) is 5.75 Å². The molecule has 2 N–H and O–H groups in total. The molecule has 2 rings (SSSR count). The molecule has 27 heavy (non-hydrogen) atoms. The molecule has 0 unspecified atom stereocenters. The number of hydrogen-bond acceptors (Lipinski definition) is 4. The van der Waals surface area contributed by atoms with Gasteiger partial charge >= 0.3 is 6.03 Å². The van der Waals surface area contributed by atoms with Gasteiger partial charge in [-0.2, -0.15) is 0 Å². The molecule has 146 valence electrons. The summed E-state index contributed by atoms with van der Waals surface area (Å²) >= 11 is 6.17. The van der Waals surface area contributed by atoms with Crippen LogP contribution in [-0.2, 0) is 4.74 Å². The summed E-state index contributed by atoms with van der Waals surface area (Å²) in [7, 11) is 0. The molecule has 0 aliphatic rings. The lowest BCUT2D eigenvalue weighted by Gasteiger charge is -2.14. The van der Waals surface area contributed by atoms with Gasteiger partial charge in [0.15, 0.2) is 5.75 Å². The number of nitrogens with one attached hydrogen (secondary N) is 2. The lowest BCUT2D eigenvalue weighted by atomic mass is 10.2. The van der Waals surface area contributed by atoms with Gasteiger partial charge in [-0.25, -0.2) is 4.79 Å². The Kier molecular flexibility index (Phi) is 8.74. The van der Waals surface area contributed by atoms with Gasteiger partial charge in [-0.1, -0.05) is 35.4 Å². The zero-order valence-corrected chi connectivity index (χ0v) is 16.3. The number of benzene rings is 2. The van der Waals surface area contributed by atoms with E-state index in [1.54, 1.807) is 18.2 Å². The minimum Gasteiger partial charge on any atom is -0.492 e. The molecule has 0 saturated heterocycles. The van der Waals surface area contributed by atoms with E-state index < -0.39 is 0 Å². The number of urea groups is 1. The van der Waals surface area contributed by atoms with Gasteiger partial charge in [-0.05, 0) is 38.1 Å². The summed E-state index contributed by atoms with van der Waals surface area (Å²) in [6.07, 6.45) is 0. The minimum atomic E-state index is -0.362. The summed E-state index contributed by atoms with van der Waals surface area (Å²) in [6, 6.07) is 12.6. The van der Waals surface area contributed by atoms with Crippen molar-refractivity contribution in [1.29, 1.82) is 0 Å². The van der Waals surface area contributed by atoms with Crippen molar-refractivity contribution >= 4 is 23.3 Å². The standard InChI is InChI=1S/C20H25ClN2O4/c1-3-25-13-14-27-19-17(21)5-4-6-18(19)23-20(24)22-11-12-26-16-9-7-15(2)8-10-16/h4-10H,3,11-14H2,1-2H3,(H2,22,23,24). The lowest BCUT2D eigenvalue weighted by Crippen LogP contribution is -2.32. The topological polar surface area (TPSA) is 68.8 Å². The summed E-state index contributed by atoms with van der Waals surface area (Å²) in [4.78, 5) is 12.1. The summed E-state index contributed by atoms with van der Waals surface area (Å²) in [6.45, 7) is 6.06. The molecule has 0 aromatic heterocycles. The summed E-state index contributed by atoms with van der Waals surface area (Å²) in [5, 5.41) is 5.90. The Labute approximate surface area is 164 Å². The number of para-hydroxylation sites is 1. The first-order chi connectivity index (χ1) is 13.1. The van der Waals surface area contributed by atoms with Crippen molar-refractivity contribution in [3.05, 3.63) is 53.1 Å². The van der Waals surface area contributed by atoms with Gasteiger partial charge in [0, 0.05) is 6.61 Å². The van der Waals surface area contributed by atoms with E-state index in [2.05, 4.69) is 10.6 Å². The average molecular weight is 393 g/mol. The predicted molar refractivity (Wildman–Crippen MR) is 107 cm³/mol. The molecule has 0 radical (unpaired) electrons. The Balaban J connectivity index is 1.79. The maximum absolute atomic E-state index is 12.1. The van der Waals surface area contributed by atoms with Crippen molar-refractivity contribution in [2.45, 2.75) is 13.8 Å². The highest BCUT2D eigenvalue weighted by Crippen LogP contribution is 2.32. The molecule has 2 amide bonds. The number of rotatable bonds is 10. The van der Waals surface area contributed by atoms with Crippen LogP contribution in [-0.4, -0.2) is 39.0 Å². The first-order valence-corrected chi connectivity index (χ1v) is 9.21. The molecule has 0 aliphatic carbocycles. The Bertz CT molecular complexity index is 722. The van der Waals surface area contributed by atoms with Crippen LogP contribution in [0.5, 0.6) is 11.5 Å². The number of carbonyl (C=O) groups is 1. The number of amides is 2. The van der Waals surface area contributed by atoms with E-state index in [9.17, 15) is 4.79 Å². The van der Waals surface area contributed by atoms with E-state index in [1.165, 1.54) is 5.56 Å². The van der Waals surface area contributed by atoms with Crippen LogP contribution < -0.4 is 20.1 Å². The number of halogens is 1. The van der Waals surface area contributed by atoms with Crippen molar-refractivity contribution in [3.63, 3.8) is 0 Å². The molecular weight excluding hydrogens is 368 g/mol. The fraction of sp³-hybridized carbons (Fsp3) is 0.350. The number of hydrogen-bond donors (Lipinski definition) is 2. The first kappa shape index (κ1) is 20.9. The van der Waals surface area contributed by atoms with Crippen LogP contribution in [0.4, 0.5) is 10.5 Å². The van der Waals surface area contributed by atoms with Crippen LogP contribution in [0.25, 0.3) is 0 Å². The maximum Gasteiger partial charge on any atom is 0.319 e. The van der Waals surface area contributed by atoms with Crippen molar-refractivity contribution in [1.82, 2.24) is 5.32 Å². The average Bonchev–Trinajstić information content (AvgIpc) is 2.65. The Morgan fingerprint density at radius 1 is 1.04 bits per heavy atom. The molecule has 0 saturated carbocycles. The monoisotopic (exact) mass is 392 g/mol. The molecule has 0 atom stereocenters. The second-order valence-corrected chi connectivity index (χ2v) is 6.11. The van der Waals surface area contributed by atoms with Gasteiger partial charge < -0.3 is 24.8 Å². The van der Waals surface area contributed by atoms with Gasteiger partial charge in [0.05, 0.1) is 23.9 Å². The number of carbonyl (C=O) groups excluding carboxylic acids is 1. The second-order valence-electron chi connectivity index (χ2n) is 5.70. The third kappa shape index (κ3) is 7.37. The highest BCUT2D eigenvalue weighted by molar-refractivity contribution is 6.32. The van der Waals surface area contributed by atoms with Crippen molar-refractivity contribution in [2.24, 2.45) is 0 Å². The van der Waals surface area contributed by atoms with Crippen molar-refractivity contribution in [3.8, 4) is 11.5 Å². The molecule has 0 fully saturated rings. The van der Waals surface area contributed by atoms with Crippen LogP contribution in [0.2, 0.25) is 5.02 Å². The molecule has 2 aromatic carbocycles. The Morgan fingerprint density at radius 2 is 1.81 bits per heavy atom. The molecule has 2 aromatic rings. The number of ether oxygens (including phenoxy) is 3. The van der Waals surface area contributed by atoms with Gasteiger partial charge in [0.1, 0.15) is 19.0 Å². The van der Waals surface area contributed by atoms with Crippen LogP contribution in [0, 0.1) is 6.92 Å². The summed E-state index contributed by atoms with van der Waals surface area (Å²) < 4.78 is 16.5. The molecular formula is C20H25ClN2O4. The quantitative estimate of drug-likeness (QED) is 0.592. The summed E-state index contributed by atoms with van der Waals surface area (Å²) in [5.41, 5.74) is 1.66. The maximum atomic E-state index is 12.1. The fourth-order valence-electron chi connectivity index (χ4n) is 2.24. The normalized spacial score (nSPS) is 10.3. The number of anilines is 1. The van der Waals surface area contributed by atoms with Gasteiger partial charge in [0.25, 0.3) is 0 Å². The summed E-state index contributed by atoms with van der Waals surface area (Å²) in [5.74, 6) is 1.19. The molecule has 6 nitrogen and oxygen atoms in total. The molecule has 0 heterocycles. The van der Waals surface area contributed by atoms with E-state index in [1.807, 2.05) is 38.1 Å². The zero-order valence-electron chi connectivity index (χ0n) is 15.6. The highest BCUT2D eigenvalue weighted by atomic mass is 35.5. The highest BCUT2D eigenvalue weighted by Gasteiger charge is 2.11. The largest absolute Gasteiger partial charge is 0.492 e. The SMILES string of the molecule is CCOCCOc1c(Cl)cccc1NC(=O)NCCOc1ccc(C)cc1. The third-order valence-corrected chi connectivity index (χ3v) is 3.87. The minimum absolute atomic E-state index is 0.345. The van der Waals surface area contributed by atoms with E-state index >= 15 is 0 Å². The van der Waals surface area contributed by atoms with Crippen LogP contribution in [0.3, 0.4) is 0 Å². The van der Waals surface area contributed by atoms with Crippen molar-refractivity contribution in [2.75, 3.05) is 38.3 Å². The molecule has 0 aliphatic heterocycles. The van der Waals surface area contributed by atoms with Gasteiger partial charge in [0.2, 0.25) is 0 Å². The second kappa shape index (κ2) is 11.3. The van der Waals surface area contributed by atoms with Crippen LogP contribution in [0.1, 0.15) is 12.5 Å². The van der Waals surface area contributed by atoms with E-state index in [4.69, 9.17) is 25.8 Å². The first-order valence-electron chi connectivity index (χ1n) is 8.83. The van der Waals surface area contributed by atoms with E-state index in [-0.39, 0.29) is 6.03 Å². The van der Waals surface area contributed by atoms with Gasteiger partial charge in [-0.15, -0.1) is 0 Å².